The van der Waals surface area contributed by atoms with Crippen LogP contribution >= 0.6 is 11.3 Å². The van der Waals surface area contributed by atoms with Crippen molar-refractivity contribution < 1.29 is 28.9 Å². The van der Waals surface area contributed by atoms with Crippen molar-refractivity contribution in [1.29, 1.82) is 0 Å². The van der Waals surface area contributed by atoms with Crippen LogP contribution in [0.1, 0.15) is 22.2 Å². The predicted octanol–water partition coefficient (Wildman–Crippen LogP) is 4.83. The summed E-state index contributed by atoms with van der Waals surface area (Å²) in [4.78, 5) is 20.4. The molecule has 0 aliphatic rings. The zero-order chi connectivity index (χ0) is 25.2. The summed E-state index contributed by atoms with van der Waals surface area (Å²) in [6.45, 7) is 4.86. The van der Waals surface area contributed by atoms with Crippen molar-refractivity contribution in [2.45, 2.75) is 20.0 Å². The van der Waals surface area contributed by atoms with Gasteiger partial charge in [0.25, 0.3) is 0 Å². The van der Waals surface area contributed by atoms with Gasteiger partial charge in [-0.2, -0.15) is 0 Å². The fourth-order valence-corrected chi connectivity index (χ4v) is 4.14. The number of ether oxygens (including phenoxy) is 3. The molecule has 1 N–H and O–H groups in total. The van der Waals surface area contributed by atoms with Crippen molar-refractivity contribution in [2.24, 2.45) is 0 Å². The summed E-state index contributed by atoms with van der Waals surface area (Å²) < 4.78 is 16.0. The number of para-hydroxylation sites is 2. The van der Waals surface area contributed by atoms with Gasteiger partial charge in [-0.25, -0.2) is 4.79 Å². The summed E-state index contributed by atoms with van der Waals surface area (Å²) in [5, 5.41) is 12.1. The number of esters is 1. The lowest BCUT2D eigenvalue weighted by molar-refractivity contribution is -0.133. The Morgan fingerprint density at radius 3 is 2.37 bits per heavy atom. The second-order valence-corrected chi connectivity index (χ2v) is 9.03. The Kier molecular flexibility index (Phi) is 9.72. The fourth-order valence-electron chi connectivity index (χ4n) is 3.32. The highest BCUT2D eigenvalue weighted by molar-refractivity contribution is 7.12. The molecule has 1 aromatic heterocycles. The Hall–Kier alpha value is -3.33. The maximum Gasteiger partial charge on any atom is 0.338 e. The highest BCUT2D eigenvalue weighted by atomic mass is 32.1. The molecule has 186 valence electrons. The molecule has 7 nitrogen and oxygen atoms in total. The maximum atomic E-state index is 12.4. The molecule has 1 unspecified atom stereocenters. The first kappa shape index (κ1) is 26.3. The number of carbonyl (C=O) groups is 1. The standard InChI is InChI=1S/C27H31NO6S/c1-5-28(34-26-9-7-6-8-25(26)31-3)17-21(29)18-33-22-13-11-20(12-14-22)24(27(30)32-4)16-23-15-10-19(2)35-23/h6-16,21,29H,5,17-18H2,1-4H3/b24-16-. The minimum Gasteiger partial charge on any atom is -0.493 e. The zero-order valence-corrected chi connectivity index (χ0v) is 21.2. The van der Waals surface area contributed by atoms with Gasteiger partial charge in [-0.3, -0.25) is 0 Å². The summed E-state index contributed by atoms with van der Waals surface area (Å²) in [5.74, 6) is 1.37. The topological polar surface area (TPSA) is 77.5 Å². The highest BCUT2D eigenvalue weighted by Crippen LogP contribution is 2.27. The van der Waals surface area contributed by atoms with Gasteiger partial charge in [0.1, 0.15) is 18.5 Å². The van der Waals surface area contributed by atoms with E-state index in [-0.39, 0.29) is 13.2 Å². The summed E-state index contributed by atoms with van der Waals surface area (Å²) in [6.07, 6.45) is 1.04. The number of likely N-dealkylation sites (N-methyl/N-ethyl adjacent to an activating group) is 1. The molecule has 3 rings (SSSR count). The van der Waals surface area contributed by atoms with Crippen LogP contribution in [0.2, 0.25) is 0 Å². The number of rotatable bonds is 12. The van der Waals surface area contributed by atoms with Crippen LogP contribution in [0.5, 0.6) is 17.2 Å². The van der Waals surface area contributed by atoms with Gasteiger partial charge in [-0.1, -0.05) is 24.3 Å². The lowest BCUT2D eigenvalue weighted by Crippen LogP contribution is -2.37. The molecule has 0 bridgehead atoms. The number of benzene rings is 2. The normalized spacial score (nSPS) is 12.3. The van der Waals surface area contributed by atoms with Crippen LogP contribution in [0, 0.1) is 6.92 Å². The van der Waals surface area contributed by atoms with Crippen LogP contribution in [-0.2, 0) is 9.53 Å². The minimum absolute atomic E-state index is 0.0826. The molecule has 2 aromatic carbocycles. The van der Waals surface area contributed by atoms with Gasteiger partial charge in [0, 0.05) is 16.3 Å². The van der Waals surface area contributed by atoms with Gasteiger partial charge in [0.15, 0.2) is 11.5 Å². The van der Waals surface area contributed by atoms with E-state index in [1.807, 2.05) is 56.3 Å². The molecule has 8 heteroatoms. The average molecular weight is 498 g/mol. The molecule has 0 spiro atoms. The van der Waals surface area contributed by atoms with Gasteiger partial charge in [0.05, 0.1) is 26.3 Å². The van der Waals surface area contributed by atoms with Crippen molar-refractivity contribution in [3.8, 4) is 17.2 Å². The molecule has 3 aromatic rings. The van der Waals surface area contributed by atoms with E-state index in [2.05, 4.69) is 0 Å². The zero-order valence-electron chi connectivity index (χ0n) is 20.4. The van der Waals surface area contributed by atoms with E-state index in [0.717, 1.165) is 15.3 Å². The van der Waals surface area contributed by atoms with Crippen LogP contribution in [0.3, 0.4) is 0 Å². The quantitative estimate of drug-likeness (QED) is 0.218. The molecule has 0 aliphatic carbocycles. The third-order valence-electron chi connectivity index (χ3n) is 5.12. The van der Waals surface area contributed by atoms with E-state index in [1.54, 1.807) is 47.8 Å². The van der Waals surface area contributed by atoms with Crippen LogP contribution < -0.4 is 14.3 Å². The van der Waals surface area contributed by atoms with E-state index in [9.17, 15) is 9.90 Å². The molecular weight excluding hydrogens is 466 g/mol. The Balaban J connectivity index is 1.59. The number of hydrogen-bond donors (Lipinski definition) is 1. The molecular formula is C27H31NO6S. The predicted molar refractivity (Wildman–Crippen MR) is 138 cm³/mol. The first-order chi connectivity index (χ1) is 16.9. The Morgan fingerprint density at radius 1 is 1.06 bits per heavy atom. The van der Waals surface area contributed by atoms with Crippen molar-refractivity contribution in [3.05, 3.63) is 76.0 Å². The molecule has 1 heterocycles. The Labute approximate surface area is 210 Å². The fraction of sp³-hybridized carbons (Fsp3) is 0.296. The van der Waals surface area contributed by atoms with Gasteiger partial charge in [0.2, 0.25) is 0 Å². The first-order valence-electron chi connectivity index (χ1n) is 11.3. The molecule has 35 heavy (non-hydrogen) atoms. The number of aliphatic hydroxyl groups is 1. The SMILES string of the molecule is CCN(CC(O)COc1ccc(/C(=C/c2ccc(C)s2)C(=O)OC)cc1)Oc1ccccc1OC. The van der Waals surface area contributed by atoms with Crippen molar-refractivity contribution in [2.75, 3.05) is 33.9 Å². The number of thiophene rings is 1. The molecule has 0 saturated carbocycles. The second kappa shape index (κ2) is 12.9. The van der Waals surface area contributed by atoms with Crippen molar-refractivity contribution in [3.63, 3.8) is 0 Å². The van der Waals surface area contributed by atoms with Crippen LogP contribution in [0.4, 0.5) is 0 Å². The van der Waals surface area contributed by atoms with E-state index in [1.165, 1.54) is 7.11 Å². The largest absolute Gasteiger partial charge is 0.493 e. The van der Waals surface area contributed by atoms with E-state index >= 15 is 0 Å². The highest BCUT2D eigenvalue weighted by Gasteiger charge is 2.16. The summed E-state index contributed by atoms with van der Waals surface area (Å²) >= 11 is 1.60. The second-order valence-electron chi connectivity index (χ2n) is 7.71. The van der Waals surface area contributed by atoms with Gasteiger partial charge >= 0.3 is 5.97 Å². The number of carbonyl (C=O) groups excluding carboxylic acids is 1. The minimum atomic E-state index is -0.781. The van der Waals surface area contributed by atoms with Gasteiger partial charge < -0.3 is 24.2 Å². The lowest BCUT2D eigenvalue weighted by atomic mass is 10.1. The monoisotopic (exact) mass is 497 g/mol. The number of aryl methyl sites for hydroxylation is 1. The number of hydrogen-bond acceptors (Lipinski definition) is 8. The summed E-state index contributed by atoms with van der Waals surface area (Å²) in [5.41, 5.74) is 1.19. The third-order valence-corrected chi connectivity index (χ3v) is 6.07. The van der Waals surface area contributed by atoms with Crippen LogP contribution in [0.15, 0.2) is 60.7 Å². The summed E-state index contributed by atoms with van der Waals surface area (Å²) in [6, 6.07) is 18.5. The van der Waals surface area contributed by atoms with E-state index < -0.39 is 12.1 Å². The Morgan fingerprint density at radius 2 is 1.77 bits per heavy atom. The first-order valence-corrected chi connectivity index (χ1v) is 12.1. The molecule has 0 radical (unpaired) electrons. The third kappa shape index (κ3) is 7.58. The van der Waals surface area contributed by atoms with Crippen molar-refractivity contribution >= 4 is 29.0 Å². The molecule has 0 aliphatic heterocycles. The molecule has 1 atom stereocenters. The van der Waals surface area contributed by atoms with Gasteiger partial charge in [-0.05, 0) is 61.9 Å². The number of aliphatic hydroxyl groups excluding tert-OH is 1. The number of nitrogens with zero attached hydrogens (tertiary/aromatic N) is 1. The van der Waals surface area contributed by atoms with Crippen LogP contribution in [-0.4, -0.2) is 56.2 Å². The maximum absolute atomic E-state index is 12.4. The van der Waals surface area contributed by atoms with E-state index in [4.69, 9.17) is 19.0 Å². The smallest absolute Gasteiger partial charge is 0.338 e. The molecule has 0 amide bonds. The van der Waals surface area contributed by atoms with Gasteiger partial charge in [-0.15, -0.1) is 16.4 Å². The Bertz CT molecular complexity index is 1120. The number of methoxy groups -OCH3 is 2. The lowest BCUT2D eigenvalue weighted by Gasteiger charge is -2.24. The molecule has 0 saturated heterocycles. The summed E-state index contributed by atoms with van der Waals surface area (Å²) in [7, 11) is 2.95. The van der Waals surface area contributed by atoms with E-state index in [0.29, 0.717) is 29.4 Å². The van der Waals surface area contributed by atoms with Crippen molar-refractivity contribution in [1.82, 2.24) is 5.06 Å². The number of hydroxylamine groups is 2. The van der Waals surface area contributed by atoms with Crippen LogP contribution in [0.25, 0.3) is 11.6 Å². The average Bonchev–Trinajstić information content (AvgIpc) is 3.30. The molecule has 0 fully saturated rings.